The summed E-state index contributed by atoms with van der Waals surface area (Å²) in [6, 6.07) is 2.17. The highest BCUT2D eigenvalue weighted by Crippen LogP contribution is 2.29. The summed E-state index contributed by atoms with van der Waals surface area (Å²) in [5.41, 5.74) is 5.31. The molecule has 1 aromatic carbocycles. The average Bonchev–Trinajstić information content (AvgIpc) is 2.16. The van der Waals surface area contributed by atoms with Gasteiger partial charge >= 0.3 is 6.18 Å². The zero-order chi connectivity index (χ0) is 14.1. The third-order valence-corrected chi connectivity index (χ3v) is 3.07. The van der Waals surface area contributed by atoms with Crippen LogP contribution in [0.2, 0.25) is 0 Å². The maximum atomic E-state index is 12.0. The molecule has 0 saturated heterocycles. The maximum Gasteiger partial charge on any atom is 0.422 e. The van der Waals surface area contributed by atoms with Crippen LogP contribution in [0.25, 0.3) is 0 Å². The Morgan fingerprint density at radius 3 is 2.33 bits per heavy atom. The Morgan fingerprint density at radius 1 is 1.33 bits per heavy atom. The van der Waals surface area contributed by atoms with E-state index in [1.807, 2.05) is 0 Å². The number of halogens is 3. The highest BCUT2D eigenvalue weighted by atomic mass is 32.2. The molecule has 0 heterocycles. The van der Waals surface area contributed by atoms with Gasteiger partial charge in [-0.25, -0.2) is 13.6 Å². The fourth-order valence-electron chi connectivity index (χ4n) is 1.29. The van der Waals surface area contributed by atoms with E-state index in [0.717, 1.165) is 12.1 Å². The highest BCUT2D eigenvalue weighted by molar-refractivity contribution is 7.89. The topological polar surface area (TPSA) is 95.4 Å². The minimum atomic E-state index is -4.53. The molecular weight excluding hydrogens is 273 g/mol. The van der Waals surface area contributed by atoms with Gasteiger partial charge in [-0.15, -0.1) is 0 Å². The molecule has 1 rings (SSSR count). The van der Waals surface area contributed by atoms with Crippen molar-refractivity contribution in [3.8, 4) is 5.75 Å². The molecule has 0 unspecified atom stereocenters. The van der Waals surface area contributed by atoms with Crippen molar-refractivity contribution in [3.05, 3.63) is 17.7 Å². The number of hydrogen-bond donors (Lipinski definition) is 2. The van der Waals surface area contributed by atoms with Crippen LogP contribution in [0.3, 0.4) is 0 Å². The SMILES string of the molecule is Cc1c(OCC(F)(F)F)cc(N)cc1S(N)(=O)=O. The Labute approximate surface area is 102 Å². The van der Waals surface area contributed by atoms with Crippen LogP contribution in [0, 0.1) is 6.92 Å². The van der Waals surface area contributed by atoms with Gasteiger partial charge in [-0.3, -0.25) is 0 Å². The first-order chi connectivity index (χ1) is 8.00. The van der Waals surface area contributed by atoms with E-state index in [-0.39, 0.29) is 21.9 Å². The van der Waals surface area contributed by atoms with Crippen LogP contribution in [-0.2, 0) is 10.0 Å². The number of alkyl halides is 3. The van der Waals surface area contributed by atoms with Gasteiger partial charge in [-0.05, 0) is 13.0 Å². The van der Waals surface area contributed by atoms with Crippen molar-refractivity contribution in [1.82, 2.24) is 0 Å². The molecule has 102 valence electrons. The predicted octanol–water partition coefficient (Wildman–Crippen LogP) is 1.17. The van der Waals surface area contributed by atoms with Gasteiger partial charge in [0.15, 0.2) is 6.61 Å². The highest BCUT2D eigenvalue weighted by Gasteiger charge is 2.29. The first-order valence-corrected chi connectivity index (χ1v) is 6.18. The number of benzene rings is 1. The Balaban J connectivity index is 3.18. The summed E-state index contributed by atoms with van der Waals surface area (Å²) < 4.78 is 62.9. The second-order valence-corrected chi connectivity index (χ2v) is 5.12. The number of anilines is 1. The molecule has 0 aliphatic heterocycles. The summed E-state index contributed by atoms with van der Waals surface area (Å²) in [6.07, 6.45) is -4.53. The van der Waals surface area contributed by atoms with Gasteiger partial charge in [0.1, 0.15) is 5.75 Å². The molecule has 0 saturated carbocycles. The quantitative estimate of drug-likeness (QED) is 0.814. The summed E-state index contributed by atoms with van der Waals surface area (Å²) in [4.78, 5) is -0.361. The van der Waals surface area contributed by atoms with E-state index < -0.39 is 22.8 Å². The first kappa shape index (κ1) is 14.6. The molecule has 18 heavy (non-hydrogen) atoms. The molecule has 0 spiro atoms. The van der Waals surface area contributed by atoms with E-state index in [1.165, 1.54) is 6.92 Å². The number of ether oxygens (including phenoxy) is 1. The van der Waals surface area contributed by atoms with Crippen molar-refractivity contribution in [2.24, 2.45) is 5.14 Å². The molecular formula is C9H11F3N2O3S. The fourth-order valence-corrected chi connectivity index (χ4v) is 2.12. The maximum absolute atomic E-state index is 12.0. The molecule has 0 amide bonds. The van der Waals surface area contributed by atoms with E-state index in [2.05, 4.69) is 4.74 Å². The Morgan fingerprint density at radius 2 is 1.89 bits per heavy atom. The van der Waals surface area contributed by atoms with Gasteiger partial charge in [0, 0.05) is 17.3 Å². The number of rotatable bonds is 3. The van der Waals surface area contributed by atoms with Gasteiger partial charge in [0.2, 0.25) is 10.0 Å². The molecule has 0 aliphatic rings. The van der Waals surface area contributed by atoms with Crippen molar-refractivity contribution in [3.63, 3.8) is 0 Å². The van der Waals surface area contributed by atoms with Crippen molar-refractivity contribution < 1.29 is 26.3 Å². The molecule has 0 bridgehead atoms. The number of sulfonamides is 1. The fraction of sp³-hybridized carbons (Fsp3) is 0.333. The van der Waals surface area contributed by atoms with Crippen LogP contribution in [0.4, 0.5) is 18.9 Å². The van der Waals surface area contributed by atoms with Crippen molar-refractivity contribution in [2.45, 2.75) is 18.0 Å². The van der Waals surface area contributed by atoms with Gasteiger partial charge in [0.25, 0.3) is 0 Å². The standard InChI is InChI=1S/C9H11F3N2O3S/c1-5-7(17-4-9(10,11)12)2-6(13)3-8(5)18(14,15)16/h2-3H,4,13H2,1H3,(H2,14,15,16). The van der Waals surface area contributed by atoms with E-state index in [1.54, 1.807) is 0 Å². The molecule has 4 N–H and O–H groups in total. The summed E-state index contributed by atoms with van der Waals surface area (Å²) >= 11 is 0. The normalized spacial score (nSPS) is 12.5. The lowest BCUT2D eigenvalue weighted by atomic mass is 10.2. The molecule has 1 aromatic rings. The first-order valence-electron chi connectivity index (χ1n) is 4.63. The summed E-state index contributed by atoms with van der Waals surface area (Å²) in [6.45, 7) is -0.258. The van der Waals surface area contributed by atoms with Crippen LogP contribution in [0.1, 0.15) is 5.56 Å². The predicted molar refractivity (Wildman–Crippen MR) is 58.5 cm³/mol. The zero-order valence-electron chi connectivity index (χ0n) is 9.28. The summed E-state index contributed by atoms with van der Waals surface area (Å²) in [7, 11) is -4.07. The van der Waals surface area contributed by atoms with E-state index in [0.29, 0.717) is 0 Å². The number of nitrogens with two attached hydrogens (primary N) is 2. The minimum absolute atomic E-state index is 0.0176. The lowest BCUT2D eigenvalue weighted by molar-refractivity contribution is -0.153. The van der Waals surface area contributed by atoms with Crippen molar-refractivity contribution >= 4 is 15.7 Å². The Bertz CT molecular complexity index is 555. The van der Waals surface area contributed by atoms with Crippen LogP contribution in [0.15, 0.2) is 17.0 Å². The Kier molecular flexibility index (Phi) is 3.77. The number of primary sulfonamides is 1. The van der Waals surface area contributed by atoms with Gasteiger partial charge in [-0.1, -0.05) is 0 Å². The minimum Gasteiger partial charge on any atom is -0.484 e. The van der Waals surface area contributed by atoms with Gasteiger partial charge < -0.3 is 10.5 Å². The Hall–Kier alpha value is -1.48. The second-order valence-electron chi connectivity index (χ2n) is 3.59. The molecule has 0 aliphatic carbocycles. The third kappa shape index (κ3) is 3.77. The lowest BCUT2D eigenvalue weighted by Crippen LogP contribution is -2.20. The largest absolute Gasteiger partial charge is 0.484 e. The lowest BCUT2D eigenvalue weighted by Gasteiger charge is -2.14. The van der Waals surface area contributed by atoms with Crippen LogP contribution in [-0.4, -0.2) is 21.2 Å². The monoisotopic (exact) mass is 284 g/mol. The molecule has 0 atom stereocenters. The summed E-state index contributed by atoms with van der Waals surface area (Å²) in [5, 5.41) is 4.92. The number of hydrogen-bond acceptors (Lipinski definition) is 4. The third-order valence-electron chi connectivity index (χ3n) is 2.03. The van der Waals surface area contributed by atoms with Crippen molar-refractivity contribution in [2.75, 3.05) is 12.3 Å². The van der Waals surface area contributed by atoms with Gasteiger partial charge in [0.05, 0.1) is 4.90 Å². The van der Waals surface area contributed by atoms with E-state index >= 15 is 0 Å². The zero-order valence-corrected chi connectivity index (χ0v) is 10.1. The van der Waals surface area contributed by atoms with Crippen LogP contribution < -0.4 is 15.6 Å². The van der Waals surface area contributed by atoms with Gasteiger partial charge in [-0.2, -0.15) is 13.2 Å². The molecule has 0 aromatic heterocycles. The molecule has 0 radical (unpaired) electrons. The molecule has 5 nitrogen and oxygen atoms in total. The number of nitrogen functional groups attached to an aromatic ring is 1. The smallest absolute Gasteiger partial charge is 0.422 e. The molecule has 0 fully saturated rings. The van der Waals surface area contributed by atoms with Crippen LogP contribution >= 0.6 is 0 Å². The van der Waals surface area contributed by atoms with Crippen LogP contribution in [0.5, 0.6) is 5.75 Å². The second kappa shape index (κ2) is 4.65. The average molecular weight is 284 g/mol. The van der Waals surface area contributed by atoms with Crippen molar-refractivity contribution in [1.29, 1.82) is 0 Å². The molecule has 9 heteroatoms. The summed E-state index contributed by atoms with van der Waals surface area (Å²) in [5.74, 6) is -0.267. The van der Waals surface area contributed by atoms with E-state index in [9.17, 15) is 21.6 Å². The van der Waals surface area contributed by atoms with E-state index in [4.69, 9.17) is 10.9 Å².